The fourth-order valence-electron chi connectivity index (χ4n) is 1.51. The fourth-order valence-corrected chi connectivity index (χ4v) is 1.51. The Balaban J connectivity index is 2.14. The molecule has 4 N–H and O–H groups in total. The summed E-state index contributed by atoms with van der Waals surface area (Å²) in [6.07, 6.45) is 0. The number of H-pyrrole nitrogens is 1. The topological polar surface area (TPSA) is 66.7 Å². The summed E-state index contributed by atoms with van der Waals surface area (Å²) in [4.78, 5) is 0. The first kappa shape index (κ1) is 10.1. The Bertz CT molecular complexity index is 435. The van der Waals surface area contributed by atoms with Crippen LogP contribution in [0, 0.1) is 0 Å². The molecule has 0 unspecified atom stereocenters. The third-order valence-electron chi connectivity index (χ3n) is 2.52. The van der Waals surface area contributed by atoms with Crippen molar-refractivity contribution in [2.75, 3.05) is 6.54 Å². The van der Waals surface area contributed by atoms with Gasteiger partial charge in [0.1, 0.15) is 0 Å². The van der Waals surface area contributed by atoms with Gasteiger partial charge >= 0.3 is 0 Å². The van der Waals surface area contributed by atoms with E-state index in [0.29, 0.717) is 12.6 Å². The van der Waals surface area contributed by atoms with Crippen molar-refractivity contribution in [3.63, 3.8) is 0 Å². The third-order valence-corrected chi connectivity index (χ3v) is 2.52. The molecule has 0 aliphatic carbocycles. The maximum atomic E-state index is 5.54. The summed E-state index contributed by atoms with van der Waals surface area (Å²) in [5.74, 6) is 0. The summed E-state index contributed by atoms with van der Waals surface area (Å²) < 4.78 is 0. The Hall–Kier alpha value is -1.39. The lowest BCUT2D eigenvalue weighted by Crippen LogP contribution is -2.32. The molecular formula is C11H16N4. The lowest BCUT2D eigenvalue weighted by molar-refractivity contribution is 0.551. The molecule has 0 saturated heterocycles. The van der Waals surface area contributed by atoms with Gasteiger partial charge in [0, 0.05) is 24.5 Å². The van der Waals surface area contributed by atoms with Crippen LogP contribution < -0.4 is 11.1 Å². The number of aromatic nitrogens is 2. The Kier molecular flexibility index (Phi) is 2.99. The molecule has 4 heteroatoms. The first-order valence-electron chi connectivity index (χ1n) is 5.16. The first-order chi connectivity index (χ1) is 7.31. The summed E-state index contributed by atoms with van der Waals surface area (Å²) in [5, 5.41) is 11.8. The van der Waals surface area contributed by atoms with Crippen molar-refractivity contribution in [1.29, 1.82) is 0 Å². The first-order valence-corrected chi connectivity index (χ1v) is 5.16. The Morgan fingerprint density at radius 1 is 1.47 bits per heavy atom. The SMILES string of the molecule is C[C@H](CN)NCc1[nH]nc2ccccc12. The van der Waals surface area contributed by atoms with Crippen molar-refractivity contribution >= 4 is 10.9 Å². The average molecular weight is 204 g/mol. The van der Waals surface area contributed by atoms with Crippen LogP contribution in [-0.4, -0.2) is 22.8 Å². The maximum Gasteiger partial charge on any atom is 0.0924 e. The number of hydrogen-bond acceptors (Lipinski definition) is 3. The number of nitrogens with zero attached hydrogens (tertiary/aromatic N) is 1. The van der Waals surface area contributed by atoms with Gasteiger partial charge in [-0.1, -0.05) is 18.2 Å². The van der Waals surface area contributed by atoms with Crippen molar-refractivity contribution in [2.45, 2.75) is 19.5 Å². The monoisotopic (exact) mass is 204 g/mol. The zero-order valence-electron chi connectivity index (χ0n) is 8.83. The Morgan fingerprint density at radius 2 is 2.27 bits per heavy atom. The molecule has 1 atom stereocenters. The van der Waals surface area contributed by atoms with Gasteiger partial charge in [-0.15, -0.1) is 0 Å². The highest BCUT2D eigenvalue weighted by atomic mass is 15.1. The molecule has 0 fully saturated rings. The van der Waals surface area contributed by atoms with Gasteiger partial charge < -0.3 is 11.1 Å². The Morgan fingerprint density at radius 3 is 3.07 bits per heavy atom. The molecule has 0 spiro atoms. The molecule has 0 saturated carbocycles. The van der Waals surface area contributed by atoms with Crippen molar-refractivity contribution in [3.05, 3.63) is 30.0 Å². The van der Waals surface area contributed by atoms with Crippen LogP contribution in [0.1, 0.15) is 12.6 Å². The van der Waals surface area contributed by atoms with E-state index in [0.717, 1.165) is 17.8 Å². The number of hydrogen-bond donors (Lipinski definition) is 3. The molecule has 2 rings (SSSR count). The molecule has 0 amide bonds. The average Bonchev–Trinajstić information content (AvgIpc) is 2.69. The van der Waals surface area contributed by atoms with Gasteiger partial charge in [0.15, 0.2) is 0 Å². The van der Waals surface area contributed by atoms with E-state index < -0.39 is 0 Å². The predicted molar refractivity (Wildman–Crippen MR) is 61.4 cm³/mol. The molecule has 80 valence electrons. The normalized spacial score (nSPS) is 13.2. The number of fused-ring (bicyclic) bond motifs is 1. The van der Waals surface area contributed by atoms with E-state index in [4.69, 9.17) is 5.73 Å². The van der Waals surface area contributed by atoms with E-state index in [9.17, 15) is 0 Å². The van der Waals surface area contributed by atoms with E-state index in [1.165, 1.54) is 5.39 Å². The van der Waals surface area contributed by atoms with Crippen molar-refractivity contribution in [2.24, 2.45) is 5.73 Å². The standard InChI is InChI=1S/C11H16N4/c1-8(6-12)13-7-11-9-4-2-3-5-10(9)14-15-11/h2-5,8,13H,6-7,12H2,1H3,(H,14,15)/t8-/m1/s1. The molecule has 15 heavy (non-hydrogen) atoms. The minimum Gasteiger partial charge on any atom is -0.329 e. The fraction of sp³-hybridized carbons (Fsp3) is 0.364. The van der Waals surface area contributed by atoms with Gasteiger partial charge in [0.25, 0.3) is 0 Å². The number of benzene rings is 1. The molecule has 0 radical (unpaired) electrons. The minimum absolute atomic E-state index is 0.326. The van der Waals surface area contributed by atoms with Gasteiger partial charge in [0.2, 0.25) is 0 Å². The van der Waals surface area contributed by atoms with Crippen molar-refractivity contribution < 1.29 is 0 Å². The molecule has 2 aromatic rings. The Labute approximate surface area is 88.9 Å². The molecule has 0 aliphatic heterocycles. The third kappa shape index (κ3) is 2.16. The van der Waals surface area contributed by atoms with E-state index >= 15 is 0 Å². The number of aromatic amines is 1. The van der Waals surface area contributed by atoms with Gasteiger partial charge in [-0.05, 0) is 13.0 Å². The number of nitrogens with one attached hydrogen (secondary N) is 2. The lowest BCUT2D eigenvalue weighted by Gasteiger charge is -2.09. The minimum atomic E-state index is 0.326. The molecule has 4 nitrogen and oxygen atoms in total. The second-order valence-corrected chi connectivity index (χ2v) is 3.74. The zero-order valence-corrected chi connectivity index (χ0v) is 8.83. The smallest absolute Gasteiger partial charge is 0.0924 e. The van der Waals surface area contributed by atoms with Crippen LogP contribution in [-0.2, 0) is 6.54 Å². The van der Waals surface area contributed by atoms with Gasteiger partial charge in [-0.3, -0.25) is 5.10 Å². The molecule has 1 aromatic carbocycles. The second-order valence-electron chi connectivity index (χ2n) is 3.74. The van der Waals surface area contributed by atoms with Crippen molar-refractivity contribution in [3.8, 4) is 0 Å². The van der Waals surface area contributed by atoms with Crippen LogP contribution in [0.4, 0.5) is 0 Å². The van der Waals surface area contributed by atoms with Crippen LogP contribution in [0.5, 0.6) is 0 Å². The van der Waals surface area contributed by atoms with Gasteiger partial charge in [0.05, 0.1) is 11.2 Å². The number of nitrogens with two attached hydrogens (primary N) is 1. The van der Waals surface area contributed by atoms with E-state index in [1.54, 1.807) is 0 Å². The largest absolute Gasteiger partial charge is 0.329 e. The molecule has 1 heterocycles. The molecule has 1 aromatic heterocycles. The highest BCUT2D eigenvalue weighted by Gasteiger charge is 2.05. The zero-order chi connectivity index (χ0) is 10.7. The number of rotatable bonds is 4. The van der Waals surface area contributed by atoms with E-state index in [-0.39, 0.29) is 0 Å². The summed E-state index contributed by atoms with van der Waals surface area (Å²) in [7, 11) is 0. The molecular weight excluding hydrogens is 188 g/mol. The second kappa shape index (κ2) is 4.42. The lowest BCUT2D eigenvalue weighted by atomic mass is 10.2. The predicted octanol–water partition coefficient (Wildman–Crippen LogP) is 1.000. The van der Waals surface area contributed by atoms with Gasteiger partial charge in [-0.2, -0.15) is 5.10 Å². The quantitative estimate of drug-likeness (QED) is 0.696. The highest BCUT2D eigenvalue weighted by molar-refractivity contribution is 5.81. The van der Waals surface area contributed by atoms with E-state index in [2.05, 4.69) is 28.5 Å². The molecule has 0 bridgehead atoms. The van der Waals surface area contributed by atoms with Gasteiger partial charge in [-0.25, -0.2) is 0 Å². The van der Waals surface area contributed by atoms with Crippen molar-refractivity contribution in [1.82, 2.24) is 15.5 Å². The van der Waals surface area contributed by atoms with Crippen LogP contribution >= 0.6 is 0 Å². The summed E-state index contributed by atoms with van der Waals surface area (Å²) in [6, 6.07) is 8.41. The summed E-state index contributed by atoms with van der Waals surface area (Å²) in [6.45, 7) is 3.49. The van der Waals surface area contributed by atoms with Crippen LogP contribution in [0.25, 0.3) is 10.9 Å². The maximum absolute atomic E-state index is 5.54. The summed E-state index contributed by atoms with van der Waals surface area (Å²) in [5.41, 5.74) is 7.66. The number of para-hydroxylation sites is 1. The molecule has 0 aliphatic rings. The highest BCUT2D eigenvalue weighted by Crippen LogP contribution is 2.14. The van der Waals surface area contributed by atoms with Crippen LogP contribution in [0.3, 0.4) is 0 Å². The summed E-state index contributed by atoms with van der Waals surface area (Å²) >= 11 is 0. The van der Waals surface area contributed by atoms with Crippen LogP contribution in [0.15, 0.2) is 24.3 Å². The van der Waals surface area contributed by atoms with Crippen LogP contribution in [0.2, 0.25) is 0 Å². The van der Waals surface area contributed by atoms with E-state index in [1.807, 2.05) is 18.2 Å².